The third kappa shape index (κ3) is 3.98. The topological polar surface area (TPSA) is 36.4 Å². The van der Waals surface area contributed by atoms with Gasteiger partial charge in [-0.1, -0.05) is 36.4 Å². The number of hydrogen-bond acceptors (Lipinski definition) is 4. The maximum absolute atomic E-state index is 13.0. The van der Waals surface area contributed by atoms with Gasteiger partial charge in [0.05, 0.1) is 0 Å². The van der Waals surface area contributed by atoms with E-state index in [1.165, 1.54) is 12.1 Å². The van der Waals surface area contributed by atoms with E-state index in [1.54, 1.807) is 0 Å². The molecular weight excluding hydrogens is 341 g/mol. The van der Waals surface area contributed by atoms with Crippen LogP contribution < -0.4 is 4.90 Å². The van der Waals surface area contributed by atoms with Crippen LogP contribution in [-0.2, 0) is 6.42 Å². The van der Waals surface area contributed by atoms with Crippen LogP contribution in [-0.4, -0.2) is 48.9 Å². The van der Waals surface area contributed by atoms with E-state index in [0.717, 1.165) is 67.6 Å². The van der Waals surface area contributed by atoms with Crippen molar-refractivity contribution in [1.29, 1.82) is 0 Å². The van der Waals surface area contributed by atoms with Crippen molar-refractivity contribution in [2.24, 2.45) is 0 Å². The van der Waals surface area contributed by atoms with Gasteiger partial charge < -0.3 is 4.90 Å². The minimum atomic E-state index is -0.190. The molecule has 0 N–H and O–H groups in total. The molecule has 0 spiro atoms. The lowest BCUT2D eigenvalue weighted by molar-refractivity contribution is 0.112. The fraction of sp³-hybridized carbons (Fsp3) is 0.273. The van der Waals surface area contributed by atoms with Gasteiger partial charge in [0.15, 0.2) is 6.29 Å². The summed E-state index contributed by atoms with van der Waals surface area (Å²) >= 11 is 0. The summed E-state index contributed by atoms with van der Waals surface area (Å²) in [5.74, 6) is 0.680. The Morgan fingerprint density at radius 2 is 1.74 bits per heavy atom. The summed E-state index contributed by atoms with van der Waals surface area (Å²) in [7, 11) is 0. The molecule has 0 aliphatic carbocycles. The Kier molecular flexibility index (Phi) is 5.12. The number of fused-ring (bicyclic) bond motifs is 1. The Bertz CT molecular complexity index is 934. The first kappa shape index (κ1) is 17.6. The number of benzene rings is 2. The molecule has 3 aromatic rings. The second-order valence-electron chi connectivity index (χ2n) is 6.91. The number of aromatic nitrogens is 1. The SMILES string of the molecule is O=Cc1nc(N2CCN(CCc3ccc(F)cc3)CC2)cc2ccccc12. The summed E-state index contributed by atoms with van der Waals surface area (Å²) in [6.45, 7) is 4.63. The number of aldehydes is 1. The molecule has 0 atom stereocenters. The quantitative estimate of drug-likeness (QED) is 0.650. The molecule has 0 amide bonds. The number of anilines is 1. The van der Waals surface area contributed by atoms with E-state index in [4.69, 9.17) is 0 Å². The van der Waals surface area contributed by atoms with E-state index in [9.17, 15) is 9.18 Å². The summed E-state index contributed by atoms with van der Waals surface area (Å²) in [6.07, 6.45) is 1.76. The molecule has 0 saturated carbocycles. The summed E-state index contributed by atoms with van der Waals surface area (Å²) in [5.41, 5.74) is 1.66. The normalized spacial score (nSPS) is 15.2. The summed E-state index contributed by atoms with van der Waals surface area (Å²) < 4.78 is 13.0. The Morgan fingerprint density at radius 1 is 1.00 bits per heavy atom. The molecule has 2 heterocycles. The van der Waals surface area contributed by atoms with E-state index in [0.29, 0.717) is 5.69 Å². The maximum atomic E-state index is 13.0. The highest BCUT2D eigenvalue weighted by Crippen LogP contribution is 2.23. The molecule has 0 bridgehead atoms. The number of halogens is 1. The predicted octanol–water partition coefficient (Wildman–Crippen LogP) is 3.55. The molecule has 2 aromatic carbocycles. The lowest BCUT2D eigenvalue weighted by atomic mass is 10.1. The van der Waals surface area contributed by atoms with Crippen molar-refractivity contribution in [2.75, 3.05) is 37.6 Å². The fourth-order valence-corrected chi connectivity index (χ4v) is 3.60. The molecule has 0 unspecified atom stereocenters. The molecule has 1 aliphatic rings. The predicted molar refractivity (Wildman–Crippen MR) is 106 cm³/mol. The van der Waals surface area contributed by atoms with Crippen molar-refractivity contribution in [3.05, 3.63) is 71.7 Å². The van der Waals surface area contributed by atoms with Gasteiger partial charge in [-0.05, 0) is 35.6 Å². The van der Waals surface area contributed by atoms with Gasteiger partial charge in [0.25, 0.3) is 0 Å². The fourth-order valence-electron chi connectivity index (χ4n) is 3.60. The van der Waals surface area contributed by atoms with Crippen molar-refractivity contribution in [1.82, 2.24) is 9.88 Å². The van der Waals surface area contributed by atoms with Crippen molar-refractivity contribution in [3.8, 4) is 0 Å². The highest BCUT2D eigenvalue weighted by Gasteiger charge is 2.19. The van der Waals surface area contributed by atoms with Gasteiger partial charge in [0, 0.05) is 38.1 Å². The number of pyridine rings is 1. The first-order valence-electron chi connectivity index (χ1n) is 9.29. The van der Waals surface area contributed by atoms with E-state index >= 15 is 0 Å². The molecule has 1 aromatic heterocycles. The number of rotatable bonds is 5. The Morgan fingerprint density at radius 3 is 2.48 bits per heavy atom. The largest absolute Gasteiger partial charge is 0.354 e. The lowest BCUT2D eigenvalue weighted by Gasteiger charge is -2.35. The second-order valence-corrected chi connectivity index (χ2v) is 6.91. The van der Waals surface area contributed by atoms with Crippen LogP contribution >= 0.6 is 0 Å². The number of hydrogen-bond donors (Lipinski definition) is 0. The van der Waals surface area contributed by atoms with Gasteiger partial charge in [0.1, 0.15) is 17.3 Å². The van der Waals surface area contributed by atoms with Crippen LogP contribution in [0.3, 0.4) is 0 Å². The van der Waals surface area contributed by atoms with Crippen LogP contribution in [0.2, 0.25) is 0 Å². The zero-order chi connectivity index (χ0) is 18.6. The van der Waals surface area contributed by atoms with Gasteiger partial charge in [0.2, 0.25) is 0 Å². The van der Waals surface area contributed by atoms with Gasteiger partial charge >= 0.3 is 0 Å². The number of nitrogens with zero attached hydrogens (tertiary/aromatic N) is 3. The highest BCUT2D eigenvalue weighted by atomic mass is 19.1. The van der Waals surface area contributed by atoms with Crippen LogP contribution in [0.1, 0.15) is 16.1 Å². The number of piperazine rings is 1. The van der Waals surface area contributed by atoms with Crippen LogP contribution in [0.15, 0.2) is 54.6 Å². The Labute approximate surface area is 158 Å². The minimum Gasteiger partial charge on any atom is -0.354 e. The van der Waals surface area contributed by atoms with Crippen molar-refractivity contribution in [2.45, 2.75) is 6.42 Å². The molecule has 1 fully saturated rings. The smallest absolute Gasteiger partial charge is 0.169 e. The van der Waals surface area contributed by atoms with Gasteiger partial charge in [-0.15, -0.1) is 0 Å². The lowest BCUT2D eigenvalue weighted by Crippen LogP contribution is -2.47. The van der Waals surface area contributed by atoms with E-state index < -0.39 is 0 Å². The first-order valence-corrected chi connectivity index (χ1v) is 9.29. The average molecular weight is 363 g/mol. The zero-order valence-electron chi connectivity index (χ0n) is 15.1. The second kappa shape index (κ2) is 7.84. The molecule has 27 heavy (non-hydrogen) atoms. The molecule has 5 heteroatoms. The van der Waals surface area contributed by atoms with Crippen LogP contribution in [0, 0.1) is 5.82 Å². The summed E-state index contributed by atoms with van der Waals surface area (Å²) in [4.78, 5) is 20.7. The molecule has 4 nitrogen and oxygen atoms in total. The van der Waals surface area contributed by atoms with Gasteiger partial charge in [-0.2, -0.15) is 0 Å². The van der Waals surface area contributed by atoms with Gasteiger partial charge in [-0.3, -0.25) is 9.69 Å². The maximum Gasteiger partial charge on any atom is 0.169 e. The van der Waals surface area contributed by atoms with E-state index in [-0.39, 0.29) is 5.82 Å². The minimum absolute atomic E-state index is 0.190. The summed E-state index contributed by atoms with van der Waals surface area (Å²) in [5, 5.41) is 1.94. The van der Waals surface area contributed by atoms with E-state index in [1.807, 2.05) is 36.4 Å². The standard InChI is InChI=1S/C22H22FN3O/c23-19-7-5-17(6-8-19)9-10-25-11-13-26(14-12-25)22-15-18-3-1-2-4-20(18)21(16-27)24-22/h1-8,15-16H,9-14H2. The van der Waals surface area contributed by atoms with Crippen molar-refractivity contribution in [3.63, 3.8) is 0 Å². The Balaban J connectivity index is 1.39. The van der Waals surface area contributed by atoms with Gasteiger partial charge in [-0.25, -0.2) is 9.37 Å². The summed E-state index contributed by atoms with van der Waals surface area (Å²) in [6, 6.07) is 16.7. The Hall–Kier alpha value is -2.79. The van der Waals surface area contributed by atoms with Crippen LogP contribution in [0.5, 0.6) is 0 Å². The van der Waals surface area contributed by atoms with Crippen molar-refractivity contribution >= 4 is 22.9 Å². The number of carbonyl (C=O) groups is 1. The van der Waals surface area contributed by atoms with Crippen LogP contribution in [0.25, 0.3) is 10.8 Å². The molecule has 138 valence electrons. The molecule has 4 rings (SSSR count). The van der Waals surface area contributed by atoms with Crippen LogP contribution in [0.4, 0.5) is 10.2 Å². The van der Waals surface area contributed by atoms with E-state index in [2.05, 4.69) is 20.9 Å². The van der Waals surface area contributed by atoms with Crippen molar-refractivity contribution < 1.29 is 9.18 Å². The average Bonchev–Trinajstić information content (AvgIpc) is 2.73. The molecule has 1 saturated heterocycles. The first-order chi connectivity index (χ1) is 13.2. The molecular formula is C22H22FN3O. The third-order valence-corrected chi connectivity index (χ3v) is 5.19. The number of carbonyl (C=O) groups excluding carboxylic acids is 1. The molecule has 0 radical (unpaired) electrons. The monoisotopic (exact) mass is 363 g/mol. The zero-order valence-corrected chi connectivity index (χ0v) is 15.1. The third-order valence-electron chi connectivity index (χ3n) is 5.19. The molecule has 1 aliphatic heterocycles. The highest BCUT2D eigenvalue weighted by molar-refractivity contribution is 5.97.